The molecule has 1 radical (unpaired) electrons. The minimum absolute atomic E-state index is 0.296. The standard InChI is InChI=1S/C22H28BS/c1-21(2,3)22(4,5)15-23-18-12-13-20-17(14-18)11-10-16-8-6-7-9-19(16)24-20/h6-9,12-14H,10-11,15H2,1-5H3. The van der Waals surface area contributed by atoms with Crippen LogP contribution in [0, 0.1) is 10.8 Å². The zero-order valence-corrected chi connectivity index (χ0v) is 16.5. The second-order valence-corrected chi connectivity index (χ2v) is 9.70. The van der Waals surface area contributed by atoms with Crippen molar-refractivity contribution in [2.45, 2.75) is 63.6 Å². The average Bonchev–Trinajstić information content (AvgIpc) is 2.70. The number of hydrogen-bond donors (Lipinski definition) is 0. The highest BCUT2D eigenvalue weighted by Gasteiger charge is 2.32. The number of rotatable bonds is 3. The lowest BCUT2D eigenvalue weighted by Crippen LogP contribution is -2.33. The van der Waals surface area contributed by atoms with Crippen molar-refractivity contribution in [1.29, 1.82) is 0 Å². The Morgan fingerprint density at radius 3 is 2.29 bits per heavy atom. The summed E-state index contributed by atoms with van der Waals surface area (Å²) in [6, 6.07) is 15.8. The summed E-state index contributed by atoms with van der Waals surface area (Å²) >= 11 is 1.93. The maximum atomic E-state index is 2.42. The van der Waals surface area contributed by atoms with Gasteiger partial charge in [0.2, 0.25) is 0 Å². The molecule has 1 heterocycles. The van der Waals surface area contributed by atoms with E-state index in [-0.39, 0.29) is 0 Å². The van der Waals surface area contributed by atoms with Crippen molar-refractivity contribution in [3.8, 4) is 0 Å². The van der Waals surface area contributed by atoms with Gasteiger partial charge in [-0.05, 0) is 46.9 Å². The summed E-state index contributed by atoms with van der Waals surface area (Å²) < 4.78 is 0. The minimum atomic E-state index is 0.296. The Kier molecular flexibility index (Phi) is 4.88. The summed E-state index contributed by atoms with van der Waals surface area (Å²) in [5.74, 6) is 0. The Morgan fingerprint density at radius 2 is 1.54 bits per heavy atom. The summed E-state index contributed by atoms with van der Waals surface area (Å²) in [5, 5.41) is 0. The first kappa shape index (κ1) is 17.7. The van der Waals surface area contributed by atoms with Crippen molar-refractivity contribution in [2.75, 3.05) is 0 Å². The lowest BCUT2D eigenvalue weighted by Gasteiger charge is -2.39. The number of benzene rings is 2. The van der Waals surface area contributed by atoms with Crippen LogP contribution in [0.15, 0.2) is 52.3 Å². The summed E-state index contributed by atoms with van der Waals surface area (Å²) in [5.41, 5.74) is 4.96. The van der Waals surface area contributed by atoms with Gasteiger partial charge in [-0.3, -0.25) is 0 Å². The third-order valence-corrected chi connectivity index (χ3v) is 7.06. The Labute approximate surface area is 152 Å². The van der Waals surface area contributed by atoms with E-state index in [2.05, 4.69) is 84.4 Å². The van der Waals surface area contributed by atoms with Crippen molar-refractivity contribution in [1.82, 2.24) is 0 Å². The minimum Gasteiger partial charge on any atom is -0.0895 e. The van der Waals surface area contributed by atoms with Gasteiger partial charge in [0, 0.05) is 9.79 Å². The normalized spacial score (nSPS) is 14.5. The zero-order chi connectivity index (χ0) is 17.4. The van der Waals surface area contributed by atoms with Crippen LogP contribution < -0.4 is 5.46 Å². The van der Waals surface area contributed by atoms with E-state index < -0.39 is 0 Å². The molecule has 2 aromatic carbocycles. The molecule has 0 unspecified atom stereocenters. The van der Waals surface area contributed by atoms with Gasteiger partial charge in [0.25, 0.3) is 0 Å². The fraction of sp³-hybridized carbons (Fsp3) is 0.455. The van der Waals surface area contributed by atoms with Crippen molar-refractivity contribution in [3.63, 3.8) is 0 Å². The van der Waals surface area contributed by atoms with Crippen LogP contribution >= 0.6 is 11.8 Å². The summed E-state index contributed by atoms with van der Waals surface area (Å²) in [7, 11) is 2.42. The lowest BCUT2D eigenvalue weighted by molar-refractivity contribution is 0.157. The topological polar surface area (TPSA) is 0 Å². The smallest absolute Gasteiger partial charge is 0.0895 e. The summed E-state index contributed by atoms with van der Waals surface area (Å²) in [6.07, 6.45) is 3.40. The average molecular weight is 335 g/mol. The molecule has 0 nitrogen and oxygen atoms in total. The molecule has 0 bridgehead atoms. The van der Waals surface area contributed by atoms with Crippen molar-refractivity contribution in [2.24, 2.45) is 10.8 Å². The van der Waals surface area contributed by atoms with Gasteiger partial charge in [0.15, 0.2) is 7.28 Å². The molecule has 1 aliphatic rings. The fourth-order valence-corrected chi connectivity index (χ4v) is 4.01. The molecule has 0 amide bonds. The van der Waals surface area contributed by atoms with Crippen LogP contribution in [0.5, 0.6) is 0 Å². The molecule has 0 N–H and O–H groups in total. The first-order valence-corrected chi connectivity index (χ1v) is 9.80. The van der Waals surface area contributed by atoms with Gasteiger partial charge in [-0.2, -0.15) is 0 Å². The van der Waals surface area contributed by atoms with E-state index in [1.165, 1.54) is 26.4 Å². The molecular formula is C22H28BS. The molecule has 2 heteroatoms. The van der Waals surface area contributed by atoms with Crippen molar-refractivity contribution < 1.29 is 0 Å². The number of fused-ring (bicyclic) bond motifs is 2. The SMILES string of the molecule is CC(C)(C)C(C)(C)C[B]c1ccc2c(c1)CCc1ccccc1S2. The third-order valence-electron chi connectivity index (χ3n) is 5.82. The van der Waals surface area contributed by atoms with E-state index in [0.29, 0.717) is 10.8 Å². The van der Waals surface area contributed by atoms with E-state index in [1.54, 1.807) is 0 Å². The molecule has 2 aromatic rings. The predicted octanol–water partition coefficient (Wildman–Crippen LogP) is 5.76. The second-order valence-electron chi connectivity index (χ2n) is 8.62. The highest BCUT2D eigenvalue weighted by atomic mass is 32.2. The van der Waals surface area contributed by atoms with Gasteiger partial charge in [0.05, 0.1) is 0 Å². The van der Waals surface area contributed by atoms with Crippen LogP contribution in [0.25, 0.3) is 0 Å². The molecule has 24 heavy (non-hydrogen) atoms. The zero-order valence-electron chi connectivity index (χ0n) is 15.6. The van der Waals surface area contributed by atoms with Crippen molar-refractivity contribution in [3.05, 3.63) is 53.6 Å². The predicted molar refractivity (Wildman–Crippen MR) is 108 cm³/mol. The van der Waals surface area contributed by atoms with Gasteiger partial charge in [-0.15, -0.1) is 0 Å². The largest absolute Gasteiger partial charge is 0.152 e. The molecule has 125 valence electrons. The third kappa shape index (κ3) is 3.74. The summed E-state index contributed by atoms with van der Waals surface area (Å²) in [4.78, 5) is 2.84. The Morgan fingerprint density at radius 1 is 0.875 bits per heavy atom. The number of aryl methyl sites for hydroxylation is 2. The maximum absolute atomic E-state index is 2.42. The van der Waals surface area contributed by atoms with E-state index in [0.717, 1.165) is 19.2 Å². The van der Waals surface area contributed by atoms with Gasteiger partial charge >= 0.3 is 0 Å². The molecule has 0 atom stereocenters. The molecule has 0 aliphatic carbocycles. The fourth-order valence-electron chi connectivity index (χ4n) is 2.90. The van der Waals surface area contributed by atoms with Crippen molar-refractivity contribution >= 4 is 24.5 Å². The number of hydrogen-bond acceptors (Lipinski definition) is 1. The van der Waals surface area contributed by atoms with Gasteiger partial charge in [0.1, 0.15) is 0 Å². The highest BCUT2D eigenvalue weighted by molar-refractivity contribution is 7.99. The Bertz CT molecular complexity index is 725. The molecule has 0 saturated carbocycles. The van der Waals surface area contributed by atoms with Crippen LogP contribution in [0.4, 0.5) is 0 Å². The van der Waals surface area contributed by atoms with Crippen LogP contribution in [0.2, 0.25) is 6.32 Å². The quantitative estimate of drug-likeness (QED) is 0.643. The monoisotopic (exact) mass is 335 g/mol. The first-order valence-electron chi connectivity index (χ1n) is 8.98. The maximum Gasteiger partial charge on any atom is 0.152 e. The van der Waals surface area contributed by atoms with E-state index in [1.807, 2.05) is 11.8 Å². The molecule has 0 aromatic heterocycles. The van der Waals surface area contributed by atoms with Crippen LogP contribution in [-0.4, -0.2) is 7.28 Å². The van der Waals surface area contributed by atoms with Crippen LogP contribution in [0.3, 0.4) is 0 Å². The van der Waals surface area contributed by atoms with Gasteiger partial charge < -0.3 is 0 Å². The molecule has 0 spiro atoms. The second kappa shape index (κ2) is 6.63. The lowest BCUT2D eigenvalue weighted by atomic mass is 9.53. The molecule has 0 saturated heterocycles. The first-order chi connectivity index (χ1) is 11.3. The Hall–Kier alpha value is -1.15. The van der Waals surface area contributed by atoms with Crippen LogP contribution in [-0.2, 0) is 12.8 Å². The van der Waals surface area contributed by atoms with E-state index >= 15 is 0 Å². The summed E-state index contributed by atoms with van der Waals surface area (Å²) in [6.45, 7) is 11.8. The molecule has 1 aliphatic heterocycles. The van der Waals surface area contributed by atoms with Gasteiger partial charge in [-0.25, -0.2) is 0 Å². The molecule has 0 fully saturated rings. The van der Waals surface area contributed by atoms with E-state index in [9.17, 15) is 0 Å². The van der Waals surface area contributed by atoms with Crippen LogP contribution in [0.1, 0.15) is 45.7 Å². The van der Waals surface area contributed by atoms with Gasteiger partial charge in [-0.1, -0.05) is 88.5 Å². The molecular weight excluding hydrogens is 307 g/mol. The molecule has 3 rings (SSSR count). The van der Waals surface area contributed by atoms with E-state index in [4.69, 9.17) is 0 Å². The Balaban J connectivity index is 1.76. The highest BCUT2D eigenvalue weighted by Crippen LogP contribution is 2.41.